The molecular formula is C24H27N7O2S. The van der Waals surface area contributed by atoms with Crippen molar-refractivity contribution in [3.63, 3.8) is 0 Å². The molecule has 2 aromatic carbocycles. The number of aromatic nitrogens is 5. The average Bonchev–Trinajstić information content (AvgIpc) is 3.48. The minimum Gasteiger partial charge on any atom is -0.495 e. The van der Waals surface area contributed by atoms with Crippen molar-refractivity contribution in [2.24, 2.45) is 0 Å². The third-order valence-corrected chi connectivity index (χ3v) is 6.74. The Morgan fingerprint density at radius 1 is 1.06 bits per heavy atom. The Balaban J connectivity index is 1.21. The van der Waals surface area contributed by atoms with E-state index in [-0.39, 0.29) is 12.5 Å². The summed E-state index contributed by atoms with van der Waals surface area (Å²) < 4.78 is 9.24. The molecule has 0 atom stereocenters. The number of carbonyl (C=O) groups excluding carboxylic acids is 1. The average molecular weight is 478 g/mol. The van der Waals surface area contributed by atoms with Gasteiger partial charge in [0.1, 0.15) is 18.0 Å². The first kappa shape index (κ1) is 22.3. The smallest absolute Gasteiger partial charge is 0.244 e. The molecule has 0 unspecified atom stereocenters. The van der Waals surface area contributed by atoms with Gasteiger partial charge in [0.2, 0.25) is 5.91 Å². The van der Waals surface area contributed by atoms with Crippen molar-refractivity contribution >= 4 is 34.4 Å². The Hall–Kier alpha value is -3.53. The molecule has 0 aliphatic carbocycles. The van der Waals surface area contributed by atoms with Gasteiger partial charge in [-0.15, -0.1) is 5.10 Å². The zero-order valence-electron chi connectivity index (χ0n) is 19.3. The van der Waals surface area contributed by atoms with Crippen LogP contribution in [0.5, 0.6) is 5.75 Å². The number of amides is 1. The van der Waals surface area contributed by atoms with Crippen molar-refractivity contribution in [1.29, 1.82) is 0 Å². The van der Waals surface area contributed by atoms with Crippen molar-refractivity contribution in [3.8, 4) is 5.75 Å². The fourth-order valence-electron chi connectivity index (χ4n) is 4.34. The van der Waals surface area contributed by atoms with Crippen LogP contribution in [0.2, 0.25) is 0 Å². The Labute approximate surface area is 202 Å². The van der Waals surface area contributed by atoms with Gasteiger partial charge in [-0.2, -0.15) is 0 Å². The predicted octanol–water partition coefficient (Wildman–Crippen LogP) is 2.76. The Bertz CT molecular complexity index is 1290. The largest absolute Gasteiger partial charge is 0.495 e. The van der Waals surface area contributed by atoms with Gasteiger partial charge in [-0.3, -0.25) is 4.79 Å². The van der Waals surface area contributed by atoms with Gasteiger partial charge in [-0.05, 0) is 30.5 Å². The zero-order valence-corrected chi connectivity index (χ0v) is 20.1. The number of nitrogens with zero attached hydrogens (tertiary/aromatic N) is 7. The van der Waals surface area contributed by atoms with E-state index >= 15 is 0 Å². The monoisotopic (exact) mass is 477 g/mol. The number of anilines is 1. The van der Waals surface area contributed by atoms with Gasteiger partial charge in [0, 0.05) is 26.2 Å². The number of benzene rings is 2. The lowest BCUT2D eigenvalue weighted by atomic mass is 10.2. The lowest BCUT2D eigenvalue weighted by molar-refractivity contribution is -0.132. The van der Waals surface area contributed by atoms with Crippen LogP contribution in [0.3, 0.4) is 0 Å². The lowest BCUT2D eigenvalue weighted by Gasteiger charge is -2.36. The van der Waals surface area contributed by atoms with Crippen molar-refractivity contribution in [1.82, 2.24) is 29.4 Å². The summed E-state index contributed by atoms with van der Waals surface area (Å²) in [6.07, 6.45) is 3.86. The van der Waals surface area contributed by atoms with E-state index in [9.17, 15) is 4.79 Å². The minimum absolute atomic E-state index is 0.0500. The van der Waals surface area contributed by atoms with Crippen LogP contribution in [0.25, 0.3) is 11.0 Å². The quantitative estimate of drug-likeness (QED) is 0.379. The number of hydrogen-bond acceptors (Lipinski definition) is 7. The molecular weight excluding hydrogens is 450 g/mol. The summed E-state index contributed by atoms with van der Waals surface area (Å²) in [5, 5.41) is 9.44. The fourth-order valence-corrected chi connectivity index (χ4v) is 4.91. The number of rotatable bonds is 7. The molecule has 9 nitrogen and oxygen atoms in total. The highest BCUT2D eigenvalue weighted by atomic mass is 32.2. The van der Waals surface area contributed by atoms with Crippen LogP contribution < -0.4 is 9.64 Å². The van der Waals surface area contributed by atoms with E-state index in [0.29, 0.717) is 19.6 Å². The molecule has 0 bridgehead atoms. The number of para-hydroxylation sites is 4. The van der Waals surface area contributed by atoms with Crippen LogP contribution in [-0.4, -0.2) is 74.9 Å². The summed E-state index contributed by atoms with van der Waals surface area (Å²) in [5.41, 5.74) is 3.88. The molecule has 1 amide bonds. The second-order valence-electron chi connectivity index (χ2n) is 8.12. The van der Waals surface area contributed by atoms with Gasteiger partial charge in [0.25, 0.3) is 0 Å². The highest BCUT2D eigenvalue weighted by Gasteiger charge is 2.23. The van der Waals surface area contributed by atoms with Gasteiger partial charge in [-0.25, -0.2) is 9.67 Å². The van der Waals surface area contributed by atoms with Crippen LogP contribution in [0, 0.1) is 0 Å². The van der Waals surface area contributed by atoms with Crippen LogP contribution in [0.15, 0.2) is 59.9 Å². The SMILES string of the molecule is COc1ccccc1N1CCN(C(=O)Cn2cc(Cn3c(SC)nc4ccccc43)nn2)CC1. The molecule has 1 aliphatic rings. The first-order valence-electron chi connectivity index (χ1n) is 11.2. The molecule has 5 rings (SSSR count). The number of ether oxygens (including phenoxy) is 1. The van der Waals surface area contributed by atoms with E-state index in [1.54, 1.807) is 23.6 Å². The summed E-state index contributed by atoms with van der Waals surface area (Å²) in [4.78, 5) is 21.7. The molecule has 176 valence electrons. The van der Waals surface area contributed by atoms with Crippen LogP contribution in [-0.2, 0) is 17.9 Å². The van der Waals surface area contributed by atoms with Crippen molar-refractivity contribution in [3.05, 3.63) is 60.4 Å². The molecule has 10 heteroatoms. The number of hydrogen-bond donors (Lipinski definition) is 0. The summed E-state index contributed by atoms with van der Waals surface area (Å²) in [6.45, 7) is 3.59. The van der Waals surface area contributed by atoms with E-state index in [0.717, 1.165) is 46.4 Å². The maximum absolute atomic E-state index is 12.9. The van der Waals surface area contributed by atoms with Crippen molar-refractivity contribution in [2.75, 3.05) is 44.4 Å². The molecule has 1 saturated heterocycles. The van der Waals surface area contributed by atoms with Gasteiger partial charge >= 0.3 is 0 Å². The van der Waals surface area contributed by atoms with Crippen LogP contribution >= 0.6 is 11.8 Å². The Morgan fingerprint density at radius 3 is 2.62 bits per heavy atom. The zero-order chi connectivity index (χ0) is 23.5. The predicted molar refractivity (Wildman–Crippen MR) is 132 cm³/mol. The number of piperazine rings is 1. The summed E-state index contributed by atoms with van der Waals surface area (Å²) in [6, 6.07) is 16.0. The molecule has 34 heavy (non-hydrogen) atoms. The van der Waals surface area contributed by atoms with Gasteiger partial charge in [-0.1, -0.05) is 41.2 Å². The maximum Gasteiger partial charge on any atom is 0.244 e. The highest BCUT2D eigenvalue weighted by molar-refractivity contribution is 7.98. The summed E-state index contributed by atoms with van der Waals surface area (Å²) in [7, 11) is 1.68. The van der Waals surface area contributed by atoms with E-state index in [4.69, 9.17) is 4.74 Å². The second-order valence-corrected chi connectivity index (χ2v) is 8.89. The second kappa shape index (κ2) is 9.76. The summed E-state index contributed by atoms with van der Waals surface area (Å²) in [5.74, 6) is 0.904. The standard InChI is InChI=1S/C24H27N7O2S/c1-33-22-10-6-5-9-21(22)28-11-13-29(14-12-28)23(32)17-30-15-18(26-27-30)16-31-20-8-4-3-7-19(20)25-24(31)34-2/h3-10,15H,11-14,16-17H2,1-2H3. The highest BCUT2D eigenvalue weighted by Crippen LogP contribution is 2.28. The van der Waals surface area contributed by atoms with Gasteiger partial charge in [0.15, 0.2) is 5.16 Å². The van der Waals surface area contributed by atoms with Gasteiger partial charge < -0.3 is 19.1 Å². The van der Waals surface area contributed by atoms with Crippen LogP contribution in [0.4, 0.5) is 5.69 Å². The van der Waals surface area contributed by atoms with E-state index in [1.165, 1.54) is 0 Å². The number of fused-ring (bicyclic) bond motifs is 1. The maximum atomic E-state index is 12.9. The Kier molecular flexibility index (Phi) is 6.39. The molecule has 1 fully saturated rings. The third-order valence-electron chi connectivity index (χ3n) is 6.06. The van der Waals surface area contributed by atoms with Crippen molar-refractivity contribution < 1.29 is 9.53 Å². The Morgan fingerprint density at radius 2 is 1.82 bits per heavy atom. The summed E-state index contributed by atoms with van der Waals surface area (Å²) >= 11 is 1.60. The van der Waals surface area contributed by atoms with E-state index in [1.807, 2.05) is 53.8 Å². The number of methoxy groups -OCH3 is 1. The molecule has 0 radical (unpaired) electrons. The normalized spacial score (nSPS) is 14.1. The number of imidazole rings is 1. The number of carbonyl (C=O) groups is 1. The third kappa shape index (κ3) is 4.45. The molecule has 0 saturated carbocycles. The van der Waals surface area contributed by atoms with Crippen LogP contribution in [0.1, 0.15) is 5.69 Å². The minimum atomic E-state index is 0.0500. The first-order valence-corrected chi connectivity index (χ1v) is 12.4. The topological polar surface area (TPSA) is 81.3 Å². The molecule has 1 aliphatic heterocycles. The lowest BCUT2D eigenvalue weighted by Crippen LogP contribution is -2.49. The van der Waals surface area contributed by atoms with Gasteiger partial charge in [0.05, 0.1) is 36.6 Å². The fraction of sp³-hybridized carbons (Fsp3) is 0.333. The molecule has 0 N–H and O–H groups in total. The van der Waals surface area contributed by atoms with E-state index < -0.39 is 0 Å². The number of thioether (sulfide) groups is 1. The van der Waals surface area contributed by atoms with E-state index in [2.05, 4.69) is 36.9 Å². The molecule has 4 aromatic rings. The first-order chi connectivity index (χ1) is 16.7. The molecule has 3 heterocycles. The van der Waals surface area contributed by atoms with Crippen molar-refractivity contribution in [2.45, 2.75) is 18.2 Å². The molecule has 0 spiro atoms. The molecule has 2 aromatic heterocycles.